The van der Waals surface area contributed by atoms with Crippen molar-refractivity contribution < 1.29 is 4.42 Å². The fourth-order valence-corrected chi connectivity index (χ4v) is 2.61. The first-order valence-electron chi connectivity index (χ1n) is 5.37. The van der Waals surface area contributed by atoms with Crippen LogP contribution in [-0.4, -0.2) is 14.5 Å². The minimum absolute atomic E-state index is 0.635. The van der Waals surface area contributed by atoms with E-state index >= 15 is 0 Å². The lowest BCUT2D eigenvalue weighted by Crippen LogP contribution is -1.94. The number of nitrogens with zero attached hydrogens (tertiary/aromatic N) is 3. The summed E-state index contributed by atoms with van der Waals surface area (Å²) in [6.45, 7) is 0. The van der Waals surface area contributed by atoms with Crippen LogP contribution >= 0.6 is 23.4 Å². The highest BCUT2D eigenvalue weighted by Gasteiger charge is 2.08. The van der Waals surface area contributed by atoms with Crippen LogP contribution in [0.1, 0.15) is 5.82 Å². The van der Waals surface area contributed by atoms with Crippen molar-refractivity contribution in [1.82, 2.24) is 14.5 Å². The summed E-state index contributed by atoms with van der Waals surface area (Å²) >= 11 is 7.42. The number of hydrogen-bond donors (Lipinski definition) is 0. The van der Waals surface area contributed by atoms with Crippen molar-refractivity contribution in [2.24, 2.45) is 7.05 Å². The molecular weight excluding hydrogens is 270 g/mol. The number of imidazole rings is 1. The lowest BCUT2D eigenvalue weighted by molar-refractivity contribution is 0.489. The predicted octanol–water partition coefficient (Wildman–Crippen LogP) is 3.51. The van der Waals surface area contributed by atoms with Crippen LogP contribution in [0, 0.1) is 0 Å². The summed E-state index contributed by atoms with van der Waals surface area (Å²) in [7, 11) is 1.97. The van der Waals surface area contributed by atoms with Crippen LogP contribution in [0.5, 0.6) is 0 Å². The highest BCUT2D eigenvalue weighted by molar-refractivity contribution is 7.98. The van der Waals surface area contributed by atoms with Gasteiger partial charge in [-0.05, 0) is 12.1 Å². The molecule has 1 aromatic carbocycles. The average molecular weight is 280 g/mol. The molecule has 0 saturated carbocycles. The third-order valence-electron chi connectivity index (χ3n) is 2.58. The zero-order valence-corrected chi connectivity index (χ0v) is 11.2. The number of fused-ring (bicyclic) bond motifs is 1. The maximum absolute atomic E-state index is 5.90. The molecule has 3 aromatic rings. The monoisotopic (exact) mass is 279 g/mol. The topological polar surface area (TPSA) is 43.9 Å². The van der Waals surface area contributed by atoms with Gasteiger partial charge in [-0.25, -0.2) is 9.97 Å². The van der Waals surface area contributed by atoms with E-state index in [1.165, 1.54) is 11.8 Å². The number of hydrogen-bond acceptors (Lipinski definition) is 4. The van der Waals surface area contributed by atoms with E-state index in [0.717, 1.165) is 17.1 Å². The molecule has 0 N–H and O–H groups in total. The highest BCUT2D eigenvalue weighted by atomic mass is 35.5. The minimum Gasteiger partial charge on any atom is -0.431 e. The Morgan fingerprint density at radius 2 is 2.33 bits per heavy atom. The summed E-state index contributed by atoms with van der Waals surface area (Å²) in [4.78, 5) is 8.63. The van der Waals surface area contributed by atoms with Crippen LogP contribution in [0.2, 0.25) is 5.02 Å². The largest absolute Gasteiger partial charge is 0.431 e. The van der Waals surface area contributed by atoms with E-state index in [-0.39, 0.29) is 0 Å². The van der Waals surface area contributed by atoms with Crippen molar-refractivity contribution in [1.29, 1.82) is 0 Å². The molecule has 0 radical (unpaired) electrons. The molecule has 2 heterocycles. The van der Waals surface area contributed by atoms with E-state index < -0.39 is 0 Å². The molecule has 0 spiro atoms. The van der Waals surface area contributed by atoms with Gasteiger partial charge in [-0.15, -0.1) is 0 Å². The quantitative estimate of drug-likeness (QED) is 0.688. The molecule has 3 rings (SSSR count). The van der Waals surface area contributed by atoms with Crippen molar-refractivity contribution in [2.75, 3.05) is 0 Å². The van der Waals surface area contributed by atoms with E-state index in [1.54, 1.807) is 18.3 Å². The predicted molar refractivity (Wildman–Crippen MR) is 71.8 cm³/mol. The smallest absolute Gasteiger partial charge is 0.257 e. The van der Waals surface area contributed by atoms with E-state index in [9.17, 15) is 0 Å². The second-order valence-electron chi connectivity index (χ2n) is 3.83. The second kappa shape index (κ2) is 4.66. The van der Waals surface area contributed by atoms with Crippen LogP contribution in [0.15, 0.2) is 40.2 Å². The minimum atomic E-state index is 0.635. The Hall–Kier alpha value is -1.46. The number of benzene rings is 1. The molecule has 0 aliphatic heterocycles. The zero-order chi connectivity index (χ0) is 12.5. The van der Waals surface area contributed by atoms with E-state index in [1.807, 2.05) is 23.9 Å². The van der Waals surface area contributed by atoms with Gasteiger partial charge >= 0.3 is 0 Å². The lowest BCUT2D eigenvalue weighted by Gasteiger charge is -1.97. The van der Waals surface area contributed by atoms with Gasteiger partial charge in [-0.1, -0.05) is 23.4 Å². The standard InChI is InChI=1S/C12H10ClN3OS/c1-16-5-4-14-11(16)7-18-12-15-9-3-2-8(13)6-10(9)17-12/h2-6H,7H2,1H3. The molecule has 2 aromatic heterocycles. The molecule has 0 atom stereocenters. The molecule has 0 aliphatic rings. The van der Waals surface area contributed by atoms with Crippen LogP contribution in [-0.2, 0) is 12.8 Å². The third-order valence-corrected chi connectivity index (χ3v) is 3.64. The Morgan fingerprint density at radius 3 is 3.11 bits per heavy atom. The zero-order valence-electron chi connectivity index (χ0n) is 9.63. The van der Waals surface area contributed by atoms with Gasteiger partial charge in [0.2, 0.25) is 0 Å². The first-order valence-corrected chi connectivity index (χ1v) is 6.74. The number of oxazole rings is 1. The summed E-state index contributed by atoms with van der Waals surface area (Å²) in [6, 6.07) is 5.43. The number of aryl methyl sites for hydroxylation is 1. The molecule has 0 saturated heterocycles. The normalized spacial score (nSPS) is 11.2. The molecular formula is C12H10ClN3OS. The molecule has 4 nitrogen and oxygen atoms in total. The number of thioether (sulfide) groups is 1. The van der Waals surface area contributed by atoms with E-state index in [4.69, 9.17) is 16.0 Å². The Kier molecular flexibility index (Phi) is 3.01. The Balaban J connectivity index is 1.81. The second-order valence-corrected chi connectivity index (χ2v) is 5.20. The lowest BCUT2D eigenvalue weighted by atomic mass is 10.3. The molecule has 0 unspecified atom stereocenters. The van der Waals surface area contributed by atoms with Crippen LogP contribution in [0.4, 0.5) is 0 Å². The van der Waals surface area contributed by atoms with Gasteiger partial charge in [0.05, 0.1) is 5.75 Å². The summed E-state index contributed by atoms with van der Waals surface area (Å²) in [6.07, 6.45) is 3.70. The number of rotatable bonds is 3. The van der Waals surface area contributed by atoms with Gasteiger partial charge in [0, 0.05) is 30.5 Å². The molecule has 0 amide bonds. The van der Waals surface area contributed by atoms with Crippen LogP contribution in [0.3, 0.4) is 0 Å². The third kappa shape index (κ3) is 2.23. The molecule has 92 valence electrons. The van der Waals surface area contributed by atoms with Crippen LogP contribution in [0.25, 0.3) is 11.1 Å². The first-order chi connectivity index (χ1) is 8.72. The summed E-state index contributed by atoms with van der Waals surface area (Å²) in [5.41, 5.74) is 1.53. The van der Waals surface area contributed by atoms with Crippen molar-refractivity contribution >= 4 is 34.5 Å². The van der Waals surface area contributed by atoms with Gasteiger partial charge in [-0.3, -0.25) is 0 Å². The van der Waals surface area contributed by atoms with Gasteiger partial charge in [0.1, 0.15) is 11.3 Å². The summed E-state index contributed by atoms with van der Waals surface area (Å²) in [5.74, 6) is 1.71. The average Bonchev–Trinajstić information content (AvgIpc) is 2.92. The molecule has 6 heteroatoms. The first kappa shape index (κ1) is 11.6. The summed E-state index contributed by atoms with van der Waals surface area (Å²) in [5, 5.41) is 1.29. The van der Waals surface area contributed by atoms with Gasteiger partial charge < -0.3 is 8.98 Å². The fraction of sp³-hybridized carbons (Fsp3) is 0.167. The Morgan fingerprint density at radius 1 is 1.44 bits per heavy atom. The molecule has 0 fully saturated rings. The van der Waals surface area contributed by atoms with Crippen molar-refractivity contribution in [3.8, 4) is 0 Å². The molecule has 18 heavy (non-hydrogen) atoms. The van der Waals surface area contributed by atoms with Gasteiger partial charge in [0.15, 0.2) is 5.58 Å². The Bertz CT molecular complexity index is 692. The van der Waals surface area contributed by atoms with Crippen molar-refractivity contribution in [3.05, 3.63) is 41.4 Å². The van der Waals surface area contributed by atoms with Gasteiger partial charge in [-0.2, -0.15) is 0 Å². The van der Waals surface area contributed by atoms with Crippen molar-refractivity contribution in [3.63, 3.8) is 0 Å². The molecule has 0 aliphatic carbocycles. The SMILES string of the molecule is Cn1ccnc1CSc1nc2ccc(Cl)cc2o1. The van der Waals surface area contributed by atoms with Crippen molar-refractivity contribution in [2.45, 2.75) is 11.0 Å². The Labute approximate surface area is 113 Å². The number of aromatic nitrogens is 3. The van der Waals surface area contributed by atoms with Crippen LogP contribution < -0.4 is 0 Å². The van der Waals surface area contributed by atoms with E-state index in [2.05, 4.69) is 9.97 Å². The number of halogens is 1. The fourth-order valence-electron chi connectivity index (χ4n) is 1.60. The summed E-state index contributed by atoms with van der Waals surface area (Å²) < 4.78 is 7.60. The molecule has 0 bridgehead atoms. The maximum atomic E-state index is 5.90. The highest BCUT2D eigenvalue weighted by Crippen LogP contribution is 2.27. The van der Waals surface area contributed by atoms with Gasteiger partial charge in [0.25, 0.3) is 5.22 Å². The van der Waals surface area contributed by atoms with E-state index in [0.29, 0.717) is 15.8 Å². The maximum Gasteiger partial charge on any atom is 0.257 e.